The van der Waals surface area contributed by atoms with Gasteiger partial charge in [0, 0.05) is 29.7 Å². The van der Waals surface area contributed by atoms with Crippen molar-refractivity contribution in [3.63, 3.8) is 0 Å². The number of aldehydes is 1. The number of rotatable bonds is 4. The molecule has 6 nitrogen and oxygen atoms in total. The average Bonchev–Trinajstić information content (AvgIpc) is 2.84. The van der Waals surface area contributed by atoms with Crippen molar-refractivity contribution in [2.24, 2.45) is 16.6 Å². The molecule has 0 fully saturated rings. The lowest BCUT2D eigenvalue weighted by atomic mass is 9.63. The van der Waals surface area contributed by atoms with E-state index in [0.29, 0.717) is 11.8 Å². The van der Waals surface area contributed by atoms with Crippen LogP contribution >= 0.6 is 0 Å². The quantitative estimate of drug-likeness (QED) is 0.666. The maximum Gasteiger partial charge on any atom is 0.172 e. The summed E-state index contributed by atoms with van der Waals surface area (Å²) >= 11 is 0. The number of hydrogen-bond donors (Lipinski definition) is 1. The number of carbonyl (C=O) groups excluding carboxylic acids is 2. The molecule has 1 aromatic carbocycles. The smallest absolute Gasteiger partial charge is 0.172 e. The number of Topliss-reactive ketones (excluding diaryl/α,β-unsaturated/α-hetero) is 1. The highest BCUT2D eigenvalue weighted by molar-refractivity contribution is 5.97. The normalized spacial score (nSPS) is 21.4. The van der Waals surface area contributed by atoms with E-state index in [4.69, 9.17) is 5.73 Å². The van der Waals surface area contributed by atoms with Crippen LogP contribution in [-0.2, 0) is 4.79 Å². The number of aryl methyl sites for hydroxylation is 1. The highest BCUT2D eigenvalue weighted by atomic mass is 16.1. The molecule has 0 saturated heterocycles. The van der Waals surface area contributed by atoms with Gasteiger partial charge in [-0.25, -0.2) is 0 Å². The summed E-state index contributed by atoms with van der Waals surface area (Å²) in [6.07, 6.45) is -0.255. The van der Waals surface area contributed by atoms with Crippen molar-refractivity contribution in [3.8, 4) is 18.2 Å². The number of nitrogens with two attached hydrogens (primary N) is 1. The molecule has 2 rings (SSSR count). The van der Waals surface area contributed by atoms with E-state index in [2.05, 4.69) is 0 Å². The summed E-state index contributed by atoms with van der Waals surface area (Å²) in [5.74, 6) is -0.415. The molecule has 1 aliphatic carbocycles. The predicted octanol–water partition coefficient (Wildman–Crippen LogP) is 1.93. The number of ketones is 1. The fourth-order valence-electron chi connectivity index (χ4n) is 2.96. The van der Waals surface area contributed by atoms with Gasteiger partial charge in [0.2, 0.25) is 0 Å². The van der Waals surface area contributed by atoms with Gasteiger partial charge < -0.3 is 5.73 Å². The van der Waals surface area contributed by atoms with Gasteiger partial charge in [-0.1, -0.05) is 29.8 Å². The van der Waals surface area contributed by atoms with Gasteiger partial charge in [0.15, 0.2) is 11.2 Å². The Kier molecular flexibility index (Phi) is 4.22. The molecular weight excluding hydrogens is 304 g/mol. The fourth-order valence-corrected chi connectivity index (χ4v) is 2.96. The van der Waals surface area contributed by atoms with Crippen molar-refractivity contribution in [3.05, 3.63) is 46.7 Å². The Labute approximate surface area is 139 Å². The molecule has 1 unspecified atom stereocenters. The third-order valence-electron chi connectivity index (χ3n) is 4.50. The van der Waals surface area contributed by atoms with Crippen LogP contribution < -0.4 is 5.73 Å². The zero-order valence-corrected chi connectivity index (χ0v) is 13.0. The lowest BCUT2D eigenvalue weighted by Crippen LogP contribution is -2.41. The topological polar surface area (TPSA) is 132 Å². The van der Waals surface area contributed by atoms with Gasteiger partial charge in [0.25, 0.3) is 0 Å². The highest BCUT2D eigenvalue weighted by Gasteiger charge is 2.61. The maximum absolute atomic E-state index is 12.6. The van der Waals surface area contributed by atoms with Gasteiger partial charge in [-0.15, -0.1) is 0 Å². The van der Waals surface area contributed by atoms with E-state index in [1.54, 1.807) is 24.3 Å². The minimum Gasteiger partial charge on any atom is -0.400 e. The lowest BCUT2D eigenvalue weighted by Gasteiger charge is -2.31. The molecule has 118 valence electrons. The SMILES string of the molecule is Cc1ccc(C(=O)CC2(C#N)C(N)=C(C=O)CC2(C#N)C#N)cc1. The first-order chi connectivity index (χ1) is 11.4. The third kappa shape index (κ3) is 2.24. The summed E-state index contributed by atoms with van der Waals surface area (Å²) in [6, 6.07) is 12.2. The van der Waals surface area contributed by atoms with E-state index in [1.165, 1.54) is 0 Å². The second-order valence-corrected chi connectivity index (χ2v) is 5.85. The van der Waals surface area contributed by atoms with E-state index in [0.717, 1.165) is 5.56 Å². The summed E-state index contributed by atoms with van der Waals surface area (Å²) in [6.45, 7) is 1.87. The minimum absolute atomic E-state index is 0.0244. The van der Waals surface area contributed by atoms with Crippen molar-refractivity contribution in [2.75, 3.05) is 0 Å². The van der Waals surface area contributed by atoms with E-state index in [9.17, 15) is 25.4 Å². The Morgan fingerprint density at radius 3 is 2.25 bits per heavy atom. The van der Waals surface area contributed by atoms with Crippen LogP contribution in [0.3, 0.4) is 0 Å². The molecule has 6 heteroatoms. The zero-order chi connectivity index (χ0) is 18.0. The van der Waals surface area contributed by atoms with E-state index in [-0.39, 0.29) is 17.7 Å². The predicted molar refractivity (Wildman–Crippen MR) is 83.7 cm³/mol. The van der Waals surface area contributed by atoms with Gasteiger partial charge in [-0.2, -0.15) is 15.8 Å². The van der Waals surface area contributed by atoms with E-state index >= 15 is 0 Å². The number of hydrogen-bond acceptors (Lipinski definition) is 6. The zero-order valence-electron chi connectivity index (χ0n) is 13.0. The summed E-state index contributed by atoms with van der Waals surface area (Å²) in [4.78, 5) is 23.8. The molecule has 1 aromatic rings. The average molecular weight is 318 g/mol. The molecule has 0 aliphatic heterocycles. The largest absolute Gasteiger partial charge is 0.400 e. The van der Waals surface area contributed by atoms with Crippen LogP contribution in [0.4, 0.5) is 0 Å². The van der Waals surface area contributed by atoms with Crippen LogP contribution in [0.2, 0.25) is 0 Å². The van der Waals surface area contributed by atoms with Gasteiger partial charge in [0.1, 0.15) is 11.7 Å². The summed E-state index contributed by atoms with van der Waals surface area (Å²) in [5.41, 5.74) is 3.41. The Morgan fingerprint density at radius 2 is 1.79 bits per heavy atom. The lowest BCUT2D eigenvalue weighted by molar-refractivity contribution is -0.105. The summed E-state index contributed by atoms with van der Waals surface area (Å²) < 4.78 is 0. The van der Waals surface area contributed by atoms with Crippen molar-refractivity contribution in [1.82, 2.24) is 0 Å². The molecule has 1 atom stereocenters. The van der Waals surface area contributed by atoms with Crippen LogP contribution in [0.25, 0.3) is 0 Å². The second-order valence-electron chi connectivity index (χ2n) is 5.85. The van der Waals surface area contributed by atoms with Crippen LogP contribution in [0.5, 0.6) is 0 Å². The minimum atomic E-state index is -1.86. The Bertz CT molecular complexity index is 848. The summed E-state index contributed by atoms with van der Waals surface area (Å²) in [7, 11) is 0. The van der Waals surface area contributed by atoms with Crippen molar-refractivity contribution >= 4 is 12.1 Å². The number of carbonyl (C=O) groups is 2. The van der Waals surface area contributed by atoms with Gasteiger partial charge in [-0.05, 0) is 6.92 Å². The second kappa shape index (κ2) is 5.99. The van der Waals surface area contributed by atoms with Crippen LogP contribution in [-0.4, -0.2) is 12.1 Å². The standard InChI is InChI=1S/C18H14N4O2/c1-12-2-4-13(5-3-12)15(24)7-18(11-21)16(22)14(8-23)6-17(18,9-19)10-20/h2-5,8H,6-7,22H2,1H3. The van der Waals surface area contributed by atoms with Crippen LogP contribution in [0.15, 0.2) is 35.5 Å². The Morgan fingerprint density at radius 1 is 1.21 bits per heavy atom. The third-order valence-corrected chi connectivity index (χ3v) is 4.50. The molecule has 1 aliphatic rings. The number of nitrogens with zero attached hydrogens (tertiary/aromatic N) is 3. The molecule has 0 radical (unpaired) electrons. The van der Waals surface area contributed by atoms with Crippen molar-refractivity contribution in [2.45, 2.75) is 19.8 Å². The molecule has 0 spiro atoms. The first-order valence-corrected chi connectivity index (χ1v) is 7.17. The van der Waals surface area contributed by atoms with Crippen molar-refractivity contribution < 1.29 is 9.59 Å². The molecule has 0 heterocycles. The van der Waals surface area contributed by atoms with Crippen LogP contribution in [0, 0.1) is 51.7 Å². The van der Waals surface area contributed by atoms with Gasteiger partial charge in [0.05, 0.1) is 18.2 Å². The Hall–Kier alpha value is -3.43. The number of nitriles is 3. The molecular formula is C18H14N4O2. The van der Waals surface area contributed by atoms with Gasteiger partial charge in [-0.3, -0.25) is 9.59 Å². The Balaban J connectivity index is 2.55. The first-order valence-electron chi connectivity index (χ1n) is 7.17. The monoisotopic (exact) mass is 318 g/mol. The maximum atomic E-state index is 12.6. The fraction of sp³-hybridized carbons (Fsp3) is 0.278. The van der Waals surface area contributed by atoms with E-state index in [1.807, 2.05) is 25.1 Å². The number of benzene rings is 1. The van der Waals surface area contributed by atoms with Gasteiger partial charge >= 0.3 is 0 Å². The molecule has 24 heavy (non-hydrogen) atoms. The molecule has 2 N–H and O–H groups in total. The highest BCUT2D eigenvalue weighted by Crippen LogP contribution is 2.55. The van der Waals surface area contributed by atoms with Crippen molar-refractivity contribution in [1.29, 1.82) is 15.8 Å². The van der Waals surface area contributed by atoms with E-state index < -0.39 is 23.0 Å². The summed E-state index contributed by atoms with van der Waals surface area (Å²) in [5, 5.41) is 28.7. The molecule has 0 amide bonds. The molecule has 0 aromatic heterocycles. The number of allylic oxidation sites excluding steroid dienone is 2. The van der Waals surface area contributed by atoms with Crippen LogP contribution in [0.1, 0.15) is 28.8 Å². The molecule has 0 bridgehead atoms. The molecule has 0 saturated carbocycles. The first kappa shape index (κ1) is 16.9.